The van der Waals surface area contributed by atoms with Crippen LogP contribution in [0.15, 0.2) is 24.3 Å². The molecular weight excluding hydrogens is 326 g/mol. The number of benzene rings is 1. The van der Waals surface area contributed by atoms with E-state index in [9.17, 15) is 19.2 Å². The molecule has 1 atom stereocenters. The quantitative estimate of drug-likeness (QED) is 0.614. The van der Waals surface area contributed by atoms with Gasteiger partial charge in [-0.1, -0.05) is 29.8 Å². The van der Waals surface area contributed by atoms with Gasteiger partial charge in [-0.3, -0.25) is 19.3 Å². The van der Waals surface area contributed by atoms with Crippen molar-refractivity contribution in [1.82, 2.24) is 15.1 Å². The van der Waals surface area contributed by atoms with Crippen LogP contribution in [-0.2, 0) is 24.7 Å². The summed E-state index contributed by atoms with van der Waals surface area (Å²) in [5.74, 6) is -1.76. The zero-order valence-corrected chi connectivity index (χ0v) is 14.7. The predicted molar refractivity (Wildman–Crippen MR) is 88.4 cm³/mol. The number of carbonyl (C=O) groups excluding carboxylic acids is 4. The molecule has 25 heavy (non-hydrogen) atoms. The lowest BCUT2D eigenvalue weighted by Crippen LogP contribution is -2.42. The SMILES string of the molecule is Cc1ccc([C@]2(C)NC(=O)N(CC(=O)OCC(=O)N(C)C)C2=O)cc1. The number of hydrogen-bond donors (Lipinski definition) is 1. The van der Waals surface area contributed by atoms with Crippen LogP contribution in [0.4, 0.5) is 4.79 Å². The number of amides is 4. The zero-order chi connectivity index (χ0) is 18.8. The number of hydrogen-bond acceptors (Lipinski definition) is 5. The van der Waals surface area contributed by atoms with Gasteiger partial charge in [0, 0.05) is 14.1 Å². The maximum absolute atomic E-state index is 12.7. The second kappa shape index (κ2) is 6.92. The number of nitrogens with one attached hydrogen (secondary N) is 1. The van der Waals surface area contributed by atoms with Gasteiger partial charge in [-0.25, -0.2) is 4.79 Å². The molecule has 2 rings (SSSR count). The van der Waals surface area contributed by atoms with Gasteiger partial charge in [0.05, 0.1) is 0 Å². The van der Waals surface area contributed by atoms with Crippen LogP contribution in [0.25, 0.3) is 0 Å². The fraction of sp³-hybridized carbons (Fsp3) is 0.412. The number of aryl methyl sites for hydroxylation is 1. The Bertz CT molecular complexity index is 713. The van der Waals surface area contributed by atoms with Gasteiger partial charge in [-0.2, -0.15) is 0 Å². The first-order chi connectivity index (χ1) is 11.6. The van der Waals surface area contributed by atoms with E-state index in [4.69, 9.17) is 4.74 Å². The molecule has 1 heterocycles. The van der Waals surface area contributed by atoms with Crippen molar-refractivity contribution in [1.29, 1.82) is 0 Å². The van der Waals surface area contributed by atoms with Crippen molar-refractivity contribution in [2.24, 2.45) is 0 Å². The molecular formula is C17H21N3O5. The monoisotopic (exact) mass is 347 g/mol. The van der Waals surface area contributed by atoms with Gasteiger partial charge in [0.2, 0.25) is 0 Å². The van der Waals surface area contributed by atoms with Crippen LogP contribution in [0.2, 0.25) is 0 Å². The molecule has 134 valence electrons. The molecule has 1 fully saturated rings. The van der Waals surface area contributed by atoms with Crippen LogP contribution >= 0.6 is 0 Å². The van der Waals surface area contributed by atoms with Crippen LogP contribution in [0.5, 0.6) is 0 Å². The summed E-state index contributed by atoms with van der Waals surface area (Å²) in [4.78, 5) is 50.1. The van der Waals surface area contributed by atoms with E-state index in [0.29, 0.717) is 5.56 Å². The lowest BCUT2D eigenvalue weighted by molar-refractivity contribution is -0.153. The first-order valence-corrected chi connectivity index (χ1v) is 7.72. The number of carbonyl (C=O) groups is 4. The topological polar surface area (TPSA) is 96.0 Å². The van der Waals surface area contributed by atoms with Gasteiger partial charge in [-0.15, -0.1) is 0 Å². The van der Waals surface area contributed by atoms with Crippen LogP contribution in [-0.4, -0.2) is 60.9 Å². The van der Waals surface area contributed by atoms with Crippen LogP contribution in [0, 0.1) is 6.92 Å². The lowest BCUT2D eigenvalue weighted by atomic mass is 9.91. The maximum Gasteiger partial charge on any atom is 0.326 e. The Labute approximate surface area is 145 Å². The fourth-order valence-corrected chi connectivity index (χ4v) is 2.37. The molecule has 0 saturated carbocycles. The summed E-state index contributed by atoms with van der Waals surface area (Å²) < 4.78 is 4.81. The summed E-state index contributed by atoms with van der Waals surface area (Å²) >= 11 is 0. The van der Waals surface area contributed by atoms with Crippen molar-refractivity contribution in [3.8, 4) is 0 Å². The molecule has 1 aliphatic rings. The first kappa shape index (κ1) is 18.4. The van der Waals surface area contributed by atoms with Crippen molar-refractivity contribution in [2.45, 2.75) is 19.4 Å². The summed E-state index contributed by atoms with van der Waals surface area (Å²) in [7, 11) is 3.06. The molecule has 0 bridgehead atoms. The van der Waals surface area contributed by atoms with E-state index < -0.39 is 42.5 Å². The molecule has 1 aromatic carbocycles. The smallest absolute Gasteiger partial charge is 0.326 e. The van der Waals surface area contributed by atoms with Crippen molar-refractivity contribution < 1.29 is 23.9 Å². The molecule has 1 N–H and O–H groups in total. The maximum atomic E-state index is 12.7. The Balaban J connectivity index is 2.07. The third-order valence-corrected chi connectivity index (χ3v) is 4.05. The molecule has 1 aliphatic heterocycles. The number of rotatable bonds is 5. The first-order valence-electron chi connectivity index (χ1n) is 7.72. The van der Waals surface area contributed by atoms with Crippen molar-refractivity contribution >= 4 is 23.8 Å². The minimum Gasteiger partial charge on any atom is -0.454 e. The molecule has 1 saturated heterocycles. The Morgan fingerprint density at radius 1 is 1.20 bits per heavy atom. The van der Waals surface area contributed by atoms with Gasteiger partial charge >= 0.3 is 12.0 Å². The van der Waals surface area contributed by atoms with Crippen molar-refractivity contribution in [3.05, 3.63) is 35.4 Å². The normalized spacial score (nSPS) is 19.6. The molecule has 1 aromatic rings. The molecule has 4 amide bonds. The van der Waals surface area contributed by atoms with E-state index in [1.54, 1.807) is 19.1 Å². The van der Waals surface area contributed by atoms with Crippen molar-refractivity contribution in [3.63, 3.8) is 0 Å². The highest BCUT2D eigenvalue weighted by atomic mass is 16.5. The van der Waals surface area contributed by atoms with Gasteiger partial charge in [0.25, 0.3) is 11.8 Å². The molecule has 0 spiro atoms. The molecule has 8 nitrogen and oxygen atoms in total. The van der Waals surface area contributed by atoms with E-state index >= 15 is 0 Å². The molecule has 0 radical (unpaired) electrons. The average molecular weight is 347 g/mol. The Morgan fingerprint density at radius 2 is 1.80 bits per heavy atom. The highest BCUT2D eigenvalue weighted by molar-refractivity contribution is 6.08. The number of esters is 1. The number of nitrogens with zero attached hydrogens (tertiary/aromatic N) is 2. The van der Waals surface area contributed by atoms with E-state index in [1.165, 1.54) is 19.0 Å². The summed E-state index contributed by atoms with van der Waals surface area (Å²) in [6, 6.07) is 6.51. The summed E-state index contributed by atoms with van der Waals surface area (Å²) in [5, 5.41) is 2.61. The summed E-state index contributed by atoms with van der Waals surface area (Å²) in [6.45, 7) is 2.51. The van der Waals surface area contributed by atoms with Gasteiger partial charge in [0.1, 0.15) is 12.1 Å². The Kier molecular flexibility index (Phi) is 5.10. The standard InChI is InChI=1S/C17H21N3O5/c1-11-5-7-12(8-6-11)17(2)15(23)20(16(24)18-17)9-14(22)25-10-13(21)19(3)4/h5-8H,9-10H2,1-4H3,(H,18,24)/t17-/m0/s1. The Morgan fingerprint density at radius 3 is 2.36 bits per heavy atom. The van der Waals surface area contributed by atoms with Crippen LogP contribution < -0.4 is 5.32 Å². The fourth-order valence-electron chi connectivity index (χ4n) is 2.37. The highest BCUT2D eigenvalue weighted by Crippen LogP contribution is 2.28. The molecule has 0 aromatic heterocycles. The Hall–Kier alpha value is -2.90. The third-order valence-electron chi connectivity index (χ3n) is 4.05. The van der Waals surface area contributed by atoms with E-state index in [2.05, 4.69) is 5.32 Å². The minimum absolute atomic E-state index is 0.393. The number of urea groups is 1. The van der Waals surface area contributed by atoms with Gasteiger partial charge in [-0.05, 0) is 19.4 Å². The zero-order valence-electron chi connectivity index (χ0n) is 14.7. The number of likely N-dealkylation sites (N-methyl/N-ethyl adjacent to an activating group) is 1. The van der Waals surface area contributed by atoms with E-state index in [1.807, 2.05) is 19.1 Å². The molecule has 8 heteroatoms. The van der Waals surface area contributed by atoms with E-state index in [0.717, 1.165) is 10.5 Å². The number of ether oxygens (including phenoxy) is 1. The molecule has 0 unspecified atom stereocenters. The minimum atomic E-state index is -1.25. The van der Waals surface area contributed by atoms with Crippen LogP contribution in [0.1, 0.15) is 18.1 Å². The lowest BCUT2D eigenvalue weighted by Gasteiger charge is -2.22. The number of imide groups is 1. The van der Waals surface area contributed by atoms with Crippen LogP contribution in [0.3, 0.4) is 0 Å². The second-order valence-electron chi connectivity index (χ2n) is 6.26. The third kappa shape index (κ3) is 3.78. The summed E-state index contributed by atoms with van der Waals surface area (Å²) in [6.07, 6.45) is 0. The summed E-state index contributed by atoms with van der Waals surface area (Å²) in [5.41, 5.74) is 0.398. The molecule has 0 aliphatic carbocycles. The predicted octanol–water partition coefficient (Wildman–Crippen LogP) is 0.393. The van der Waals surface area contributed by atoms with Crippen molar-refractivity contribution in [2.75, 3.05) is 27.2 Å². The van der Waals surface area contributed by atoms with E-state index in [-0.39, 0.29) is 0 Å². The van der Waals surface area contributed by atoms with Gasteiger partial charge in [0.15, 0.2) is 6.61 Å². The highest BCUT2D eigenvalue weighted by Gasteiger charge is 2.49. The van der Waals surface area contributed by atoms with Gasteiger partial charge < -0.3 is 15.0 Å². The average Bonchev–Trinajstić information content (AvgIpc) is 2.77. The second-order valence-corrected chi connectivity index (χ2v) is 6.26. The largest absolute Gasteiger partial charge is 0.454 e.